The summed E-state index contributed by atoms with van der Waals surface area (Å²) >= 11 is 0. The lowest BCUT2D eigenvalue weighted by Crippen LogP contribution is -2.39. The number of hydrogen-bond acceptors (Lipinski definition) is 2. The molecule has 1 aliphatic rings. The second kappa shape index (κ2) is 3.94. The lowest BCUT2D eigenvalue weighted by molar-refractivity contribution is -0.125. The summed E-state index contributed by atoms with van der Waals surface area (Å²) in [6, 6.07) is -0.763. The molecule has 1 fully saturated rings. The molecule has 4 nitrogen and oxygen atoms in total. The van der Waals surface area contributed by atoms with Gasteiger partial charge in [-0.1, -0.05) is 19.3 Å². The van der Waals surface area contributed by atoms with Crippen molar-refractivity contribution >= 4 is 11.9 Å². The second-order valence-electron chi connectivity index (χ2n) is 2.89. The Hall–Kier alpha value is -1.50. The molecule has 1 rings (SSSR count). The fourth-order valence-electron chi connectivity index (χ4n) is 1.31. The van der Waals surface area contributed by atoms with Gasteiger partial charge in [0.2, 0.25) is 0 Å². The normalized spacial score (nSPS) is 18.3. The number of carbonyl (C=O) groups is 2. The highest BCUT2D eigenvalue weighted by molar-refractivity contribution is 6.02. The molecule has 70 valence electrons. The maximum absolute atomic E-state index is 11.2. The van der Waals surface area contributed by atoms with Gasteiger partial charge in [-0.3, -0.25) is 4.79 Å². The summed E-state index contributed by atoms with van der Waals surface area (Å²) < 4.78 is 0. The predicted octanol–water partition coefficient (Wildman–Crippen LogP) is 0.340. The van der Waals surface area contributed by atoms with Crippen molar-refractivity contribution in [1.82, 2.24) is 10.2 Å². The minimum atomic E-state index is -0.389. The maximum atomic E-state index is 11.2. The molecule has 0 spiro atoms. The van der Waals surface area contributed by atoms with Gasteiger partial charge in [-0.25, -0.2) is 9.69 Å². The molecule has 0 saturated carbocycles. The van der Waals surface area contributed by atoms with Crippen molar-refractivity contribution in [1.29, 1.82) is 0 Å². The van der Waals surface area contributed by atoms with Crippen LogP contribution in [0, 0.1) is 12.3 Å². The van der Waals surface area contributed by atoms with Crippen LogP contribution in [-0.2, 0) is 4.79 Å². The first-order chi connectivity index (χ1) is 6.20. The van der Waals surface area contributed by atoms with Crippen LogP contribution in [0.5, 0.6) is 0 Å². The van der Waals surface area contributed by atoms with Crippen LogP contribution in [0.3, 0.4) is 0 Å². The van der Waals surface area contributed by atoms with Crippen LogP contribution in [0.4, 0.5) is 4.79 Å². The molecule has 1 saturated heterocycles. The third kappa shape index (κ3) is 1.81. The van der Waals surface area contributed by atoms with E-state index in [2.05, 4.69) is 11.2 Å². The number of carbonyl (C=O) groups excluding carboxylic acids is 2. The molecule has 0 aromatic carbocycles. The SMILES string of the molecule is C#CC(CCC)N1C(=O)CNC1=O. The topological polar surface area (TPSA) is 49.4 Å². The molecule has 4 heteroatoms. The van der Waals surface area contributed by atoms with Crippen molar-refractivity contribution < 1.29 is 9.59 Å². The van der Waals surface area contributed by atoms with Crippen molar-refractivity contribution in [3.05, 3.63) is 0 Å². The van der Waals surface area contributed by atoms with E-state index in [0.29, 0.717) is 6.42 Å². The van der Waals surface area contributed by atoms with Crippen molar-refractivity contribution in [2.24, 2.45) is 0 Å². The Bertz CT molecular complexity index is 251. The molecule has 13 heavy (non-hydrogen) atoms. The lowest BCUT2D eigenvalue weighted by Gasteiger charge is -2.19. The van der Waals surface area contributed by atoms with Gasteiger partial charge in [0, 0.05) is 0 Å². The summed E-state index contributed by atoms with van der Waals surface area (Å²) in [7, 11) is 0. The van der Waals surface area contributed by atoms with Gasteiger partial charge < -0.3 is 5.32 Å². The van der Waals surface area contributed by atoms with Crippen LogP contribution in [0.1, 0.15) is 19.8 Å². The minimum absolute atomic E-state index is 0.0702. The van der Waals surface area contributed by atoms with E-state index >= 15 is 0 Å². The molecule has 0 radical (unpaired) electrons. The zero-order chi connectivity index (χ0) is 9.84. The fourth-order valence-corrected chi connectivity index (χ4v) is 1.31. The molecule has 0 aromatic heterocycles. The molecule has 3 amide bonds. The van der Waals surface area contributed by atoms with Crippen molar-refractivity contribution in [3.8, 4) is 12.3 Å². The zero-order valence-electron chi connectivity index (χ0n) is 7.54. The number of nitrogens with zero attached hydrogens (tertiary/aromatic N) is 1. The van der Waals surface area contributed by atoms with Crippen LogP contribution in [0.15, 0.2) is 0 Å². The van der Waals surface area contributed by atoms with E-state index < -0.39 is 0 Å². The highest BCUT2D eigenvalue weighted by Crippen LogP contribution is 2.10. The Kier molecular flexibility index (Phi) is 2.91. The highest BCUT2D eigenvalue weighted by atomic mass is 16.2. The molecule has 0 bridgehead atoms. The van der Waals surface area contributed by atoms with Crippen molar-refractivity contribution in [2.45, 2.75) is 25.8 Å². The molecular formula is C9H12N2O2. The lowest BCUT2D eigenvalue weighted by atomic mass is 10.1. The third-order valence-corrected chi connectivity index (χ3v) is 1.94. The number of imide groups is 1. The summed E-state index contributed by atoms with van der Waals surface area (Å²) in [5.74, 6) is 2.22. The van der Waals surface area contributed by atoms with Gasteiger partial charge in [0.25, 0.3) is 5.91 Å². The van der Waals surface area contributed by atoms with Crippen LogP contribution < -0.4 is 5.32 Å². The predicted molar refractivity (Wildman–Crippen MR) is 47.8 cm³/mol. The summed E-state index contributed by atoms with van der Waals surface area (Å²) in [6.45, 7) is 2.03. The molecule has 1 aliphatic heterocycles. The van der Waals surface area contributed by atoms with Crippen LogP contribution >= 0.6 is 0 Å². The Morgan fingerprint density at radius 3 is 2.77 bits per heavy atom. The monoisotopic (exact) mass is 180 g/mol. The number of hydrogen-bond donors (Lipinski definition) is 1. The van der Waals surface area contributed by atoms with Crippen LogP contribution in [0.25, 0.3) is 0 Å². The minimum Gasteiger partial charge on any atom is -0.328 e. The fraction of sp³-hybridized carbons (Fsp3) is 0.556. The molecule has 1 N–H and O–H groups in total. The quantitative estimate of drug-likeness (QED) is 0.503. The number of rotatable bonds is 3. The van der Waals surface area contributed by atoms with E-state index in [1.54, 1.807) is 0 Å². The Morgan fingerprint density at radius 2 is 2.38 bits per heavy atom. The van der Waals surface area contributed by atoms with E-state index in [4.69, 9.17) is 6.42 Å². The van der Waals surface area contributed by atoms with Crippen molar-refractivity contribution in [3.63, 3.8) is 0 Å². The van der Waals surface area contributed by atoms with Crippen molar-refractivity contribution in [2.75, 3.05) is 6.54 Å². The summed E-state index contributed by atoms with van der Waals surface area (Å²) in [4.78, 5) is 23.5. The van der Waals surface area contributed by atoms with Gasteiger partial charge in [-0.05, 0) is 6.42 Å². The molecule has 1 unspecified atom stereocenters. The van der Waals surface area contributed by atoms with E-state index in [1.165, 1.54) is 0 Å². The standard InChI is InChI=1S/C9H12N2O2/c1-3-5-7(4-2)11-8(12)6-10-9(11)13/h2,7H,3,5-6H2,1H3,(H,10,13). The van der Waals surface area contributed by atoms with Gasteiger partial charge in [0.1, 0.15) is 6.04 Å². The average molecular weight is 180 g/mol. The molecule has 1 atom stereocenters. The summed E-state index contributed by atoms with van der Waals surface area (Å²) in [6.07, 6.45) is 6.75. The smallest absolute Gasteiger partial charge is 0.325 e. The number of amides is 3. The summed E-state index contributed by atoms with van der Waals surface area (Å²) in [5, 5.41) is 2.43. The first-order valence-electron chi connectivity index (χ1n) is 4.26. The summed E-state index contributed by atoms with van der Waals surface area (Å²) in [5.41, 5.74) is 0. The van der Waals surface area contributed by atoms with Gasteiger partial charge in [0.05, 0.1) is 6.54 Å². The Labute approximate surface area is 77.3 Å². The van der Waals surface area contributed by atoms with Gasteiger partial charge >= 0.3 is 6.03 Å². The van der Waals surface area contributed by atoms with Crippen LogP contribution in [0.2, 0.25) is 0 Å². The number of urea groups is 1. The average Bonchev–Trinajstić information content (AvgIpc) is 2.43. The molecule has 0 aliphatic carbocycles. The Morgan fingerprint density at radius 1 is 1.69 bits per heavy atom. The number of terminal acetylenes is 1. The Balaban J connectivity index is 2.73. The highest BCUT2D eigenvalue weighted by Gasteiger charge is 2.33. The zero-order valence-corrected chi connectivity index (χ0v) is 7.54. The van der Waals surface area contributed by atoms with E-state index in [-0.39, 0.29) is 24.5 Å². The largest absolute Gasteiger partial charge is 0.328 e. The van der Waals surface area contributed by atoms with Gasteiger partial charge in [-0.2, -0.15) is 0 Å². The van der Waals surface area contributed by atoms with Gasteiger partial charge in [-0.15, -0.1) is 6.42 Å². The van der Waals surface area contributed by atoms with E-state index in [1.807, 2.05) is 6.92 Å². The molecule has 1 heterocycles. The second-order valence-corrected chi connectivity index (χ2v) is 2.89. The van der Waals surface area contributed by atoms with Crippen LogP contribution in [-0.4, -0.2) is 29.4 Å². The number of nitrogens with one attached hydrogen (secondary N) is 1. The molecular weight excluding hydrogens is 168 g/mol. The maximum Gasteiger partial charge on any atom is 0.325 e. The van der Waals surface area contributed by atoms with Gasteiger partial charge in [0.15, 0.2) is 0 Å². The van der Waals surface area contributed by atoms with E-state index in [0.717, 1.165) is 11.3 Å². The molecule has 0 aromatic rings. The first kappa shape index (κ1) is 9.59. The van der Waals surface area contributed by atoms with E-state index in [9.17, 15) is 9.59 Å². The third-order valence-electron chi connectivity index (χ3n) is 1.94. The first-order valence-corrected chi connectivity index (χ1v) is 4.26.